The fourth-order valence-corrected chi connectivity index (χ4v) is 2.33. The second kappa shape index (κ2) is 6.20. The van der Waals surface area contributed by atoms with Crippen LogP contribution in [-0.2, 0) is 6.18 Å². The lowest BCUT2D eigenvalue weighted by Crippen LogP contribution is -2.50. The van der Waals surface area contributed by atoms with E-state index in [0.717, 1.165) is 25.2 Å². The third-order valence-electron chi connectivity index (χ3n) is 3.08. The summed E-state index contributed by atoms with van der Waals surface area (Å²) in [5.74, 6) is 0. The van der Waals surface area contributed by atoms with Crippen LogP contribution in [0.4, 0.5) is 18.9 Å². The van der Waals surface area contributed by atoms with Gasteiger partial charge < -0.3 is 10.2 Å². The van der Waals surface area contributed by atoms with Crippen LogP contribution >= 0.6 is 24.0 Å². The van der Waals surface area contributed by atoms with Gasteiger partial charge in [0.25, 0.3) is 0 Å². The van der Waals surface area contributed by atoms with E-state index in [1.807, 2.05) is 11.8 Å². The lowest BCUT2D eigenvalue weighted by Gasteiger charge is -2.36. The maximum Gasteiger partial charge on any atom is 0.416 e. The fourth-order valence-electron chi connectivity index (χ4n) is 2.11. The second-order valence-electron chi connectivity index (χ2n) is 4.41. The van der Waals surface area contributed by atoms with Gasteiger partial charge in [-0.05, 0) is 25.1 Å². The first-order valence-corrected chi connectivity index (χ1v) is 6.11. The molecule has 1 N–H and O–H groups in total. The first kappa shape index (κ1) is 16.4. The van der Waals surface area contributed by atoms with Crippen molar-refractivity contribution in [1.82, 2.24) is 5.32 Å². The summed E-state index contributed by atoms with van der Waals surface area (Å²) < 4.78 is 38.1. The molecule has 0 spiro atoms. The van der Waals surface area contributed by atoms with Crippen LogP contribution < -0.4 is 10.2 Å². The smallest absolute Gasteiger partial charge is 0.365 e. The summed E-state index contributed by atoms with van der Waals surface area (Å²) in [7, 11) is 0. The van der Waals surface area contributed by atoms with Crippen molar-refractivity contribution in [2.75, 3.05) is 24.5 Å². The van der Waals surface area contributed by atoms with E-state index in [9.17, 15) is 13.2 Å². The van der Waals surface area contributed by atoms with Crippen molar-refractivity contribution in [3.63, 3.8) is 0 Å². The Labute approximate surface area is 121 Å². The highest BCUT2D eigenvalue weighted by Gasteiger charge is 2.32. The van der Waals surface area contributed by atoms with Gasteiger partial charge >= 0.3 is 6.18 Å². The molecular formula is C12H15Cl2F3N2. The number of hydrogen-bond acceptors (Lipinski definition) is 2. The highest BCUT2D eigenvalue weighted by Crippen LogP contribution is 2.36. The quantitative estimate of drug-likeness (QED) is 0.852. The van der Waals surface area contributed by atoms with E-state index >= 15 is 0 Å². The van der Waals surface area contributed by atoms with Gasteiger partial charge in [-0.15, -0.1) is 12.4 Å². The van der Waals surface area contributed by atoms with Crippen LogP contribution in [0.1, 0.15) is 12.5 Å². The van der Waals surface area contributed by atoms with Crippen molar-refractivity contribution < 1.29 is 13.2 Å². The van der Waals surface area contributed by atoms with Gasteiger partial charge in [-0.3, -0.25) is 0 Å². The van der Waals surface area contributed by atoms with Crippen molar-refractivity contribution >= 4 is 29.7 Å². The Kier molecular flexibility index (Phi) is 5.35. The molecule has 2 rings (SSSR count). The molecule has 2 nitrogen and oxygen atoms in total. The maximum absolute atomic E-state index is 12.7. The third kappa shape index (κ3) is 3.68. The van der Waals surface area contributed by atoms with Crippen LogP contribution in [0.15, 0.2) is 18.2 Å². The molecule has 1 atom stereocenters. The highest BCUT2D eigenvalue weighted by molar-refractivity contribution is 6.33. The van der Waals surface area contributed by atoms with Crippen LogP contribution in [0.5, 0.6) is 0 Å². The van der Waals surface area contributed by atoms with Crippen molar-refractivity contribution in [2.24, 2.45) is 0 Å². The molecule has 1 heterocycles. The Morgan fingerprint density at radius 2 is 2.05 bits per heavy atom. The molecule has 0 saturated carbocycles. The van der Waals surface area contributed by atoms with Gasteiger partial charge in [0.1, 0.15) is 0 Å². The molecule has 0 radical (unpaired) electrons. The molecule has 19 heavy (non-hydrogen) atoms. The number of benzene rings is 1. The van der Waals surface area contributed by atoms with E-state index in [1.165, 1.54) is 6.07 Å². The van der Waals surface area contributed by atoms with Gasteiger partial charge in [0.05, 0.1) is 16.3 Å². The summed E-state index contributed by atoms with van der Waals surface area (Å²) in [5, 5.41) is 3.55. The summed E-state index contributed by atoms with van der Waals surface area (Å²) in [5.41, 5.74) is -0.201. The lowest BCUT2D eigenvalue weighted by atomic mass is 10.1. The summed E-state index contributed by atoms with van der Waals surface area (Å²) in [6.45, 7) is 4.11. The average Bonchev–Trinajstić information content (AvgIpc) is 2.29. The van der Waals surface area contributed by atoms with E-state index in [0.29, 0.717) is 17.3 Å². The Balaban J connectivity index is 0.00000180. The zero-order chi connectivity index (χ0) is 13.3. The van der Waals surface area contributed by atoms with E-state index in [4.69, 9.17) is 11.6 Å². The molecule has 0 aromatic heterocycles. The SMILES string of the molecule is C[C@@H]1CNCCN1c1cc(C(F)(F)F)ccc1Cl.Cl. The minimum Gasteiger partial charge on any atom is -0.365 e. The van der Waals surface area contributed by atoms with Gasteiger partial charge in [0.15, 0.2) is 0 Å². The summed E-state index contributed by atoms with van der Waals surface area (Å²) in [6.07, 6.45) is -4.34. The lowest BCUT2D eigenvalue weighted by molar-refractivity contribution is -0.137. The molecule has 0 aliphatic carbocycles. The van der Waals surface area contributed by atoms with Crippen molar-refractivity contribution in [1.29, 1.82) is 0 Å². The largest absolute Gasteiger partial charge is 0.416 e. The molecule has 108 valence electrons. The number of anilines is 1. The van der Waals surface area contributed by atoms with Gasteiger partial charge in [-0.25, -0.2) is 0 Å². The molecule has 1 saturated heterocycles. The Bertz CT molecular complexity index is 437. The first-order chi connectivity index (χ1) is 8.39. The second-order valence-corrected chi connectivity index (χ2v) is 4.82. The summed E-state index contributed by atoms with van der Waals surface area (Å²) >= 11 is 6.02. The molecule has 0 bridgehead atoms. The molecule has 1 aliphatic rings. The number of nitrogens with one attached hydrogen (secondary N) is 1. The summed E-state index contributed by atoms with van der Waals surface area (Å²) in [4.78, 5) is 1.91. The number of piperazine rings is 1. The van der Waals surface area contributed by atoms with Crippen LogP contribution in [0.3, 0.4) is 0 Å². The molecule has 0 unspecified atom stereocenters. The Morgan fingerprint density at radius 1 is 1.37 bits per heavy atom. The Hall–Kier alpha value is -0.650. The average molecular weight is 315 g/mol. The molecule has 1 fully saturated rings. The molecule has 1 aromatic rings. The maximum atomic E-state index is 12.7. The molecule has 7 heteroatoms. The predicted molar refractivity (Wildman–Crippen MR) is 73.4 cm³/mol. The van der Waals surface area contributed by atoms with Crippen molar-refractivity contribution in [2.45, 2.75) is 19.1 Å². The number of rotatable bonds is 1. The fraction of sp³-hybridized carbons (Fsp3) is 0.500. The van der Waals surface area contributed by atoms with Crippen LogP contribution in [-0.4, -0.2) is 25.7 Å². The standard InChI is InChI=1S/C12H14ClF3N2.ClH/c1-8-7-17-4-5-18(8)11-6-9(12(14,15)16)2-3-10(11)13;/h2-3,6,8,17H,4-5,7H2,1H3;1H/t8-;/m1./s1. The van der Waals surface area contributed by atoms with E-state index in [2.05, 4.69) is 5.32 Å². The number of halogens is 5. The van der Waals surface area contributed by atoms with Crippen molar-refractivity contribution in [3.05, 3.63) is 28.8 Å². The first-order valence-electron chi connectivity index (χ1n) is 5.73. The van der Waals surface area contributed by atoms with Crippen LogP contribution in [0, 0.1) is 0 Å². The van der Waals surface area contributed by atoms with Gasteiger partial charge in [0.2, 0.25) is 0 Å². The minimum atomic E-state index is -4.34. The highest BCUT2D eigenvalue weighted by atomic mass is 35.5. The molecule has 1 aliphatic heterocycles. The topological polar surface area (TPSA) is 15.3 Å². The minimum absolute atomic E-state index is 0. The van der Waals surface area contributed by atoms with Gasteiger partial charge in [-0.2, -0.15) is 13.2 Å². The number of alkyl halides is 3. The number of hydrogen-bond donors (Lipinski definition) is 1. The van der Waals surface area contributed by atoms with Gasteiger partial charge in [0, 0.05) is 25.7 Å². The van der Waals surface area contributed by atoms with E-state index in [1.54, 1.807) is 0 Å². The van der Waals surface area contributed by atoms with E-state index < -0.39 is 11.7 Å². The van der Waals surface area contributed by atoms with Gasteiger partial charge in [-0.1, -0.05) is 11.6 Å². The molecular weight excluding hydrogens is 300 g/mol. The predicted octanol–water partition coefficient (Wildman–Crippen LogP) is 3.58. The molecule has 1 aromatic carbocycles. The van der Waals surface area contributed by atoms with Crippen LogP contribution in [0.25, 0.3) is 0 Å². The molecule has 0 amide bonds. The summed E-state index contributed by atoms with van der Waals surface area (Å²) in [6, 6.07) is 3.58. The third-order valence-corrected chi connectivity index (χ3v) is 3.40. The zero-order valence-electron chi connectivity index (χ0n) is 10.3. The normalized spacial score (nSPS) is 20.1. The number of nitrogens with zero attached hydrogens (tertiary/aromatic N) is 1. The van der Waals surface area contributed by atoms with Crippen LogP contribution in [0.2, 0.25) is 5.02 Å². The zero-order valence-corrected chi connectivity index (χ0v) is 11.9. The van der Waals surface area contributed by atoms with E-state index in [-0.39, 0.29) is 18.4 Å². The Morgan fingerprint density at radius 3 is 2.63 bits per heavy atom. The monoisotopic (exact) mass is 314 g/mol. The van der Waals surface area contributed by atoms with Crippen molar-refractivity contribution in [3.8, 4) is 0 Å².